The van der Waals surface area contributed by atoms with Gasteiger partial charge in [0.15, 0.2) is 11.5 Å². The molecule has 2 aliphatic heterocycles. The highest BCUT2D eigenvalue weighted by Crippen LogP contribution is 2.45. The van der Waals surface area contributed by atoms with E-state index >= 15 is 0 Å². The second-order valence-electron chi connectivity index (χ2n) is 5.95. The Kier molecular flexibility index (Phi) is 4.23. The van der Waals surface area contributed by atoms with Gasteiger partial charge in [0.2, 0.25) is 0 Å². The van der Waals surface area contributed by atoms with E-state index in [0.717, 1.165) is 19.3 Å². The van der Waals surface area contributed by atoms with E-state index in [1.807, 2.05) is 12.2 Å². The highest BCUT2D eigenvalue weighted by atomic mass is 19.4. The largest absolute Gasteiger partial charge is 0.492 e. The number of fused-ring (bicyclic) bond motifs is 1. The van der Waals surface area contributed by atoms with Gasteiger partial charge in [-0.25, -0.2) is 4.79 Å². The molecular weight excluding hydrogens is 325 g/mol. The number of rotatable bonds is 2. The van der Waals surface area contributed by atoms with E-state index in [1.54, 1.807) is 0 Å². The minimum absolute atomic E-state index is 0.0548. The molecule has 0 bridgehead atoms. The molecule has 5 nitrogen and oxygen atoms in total. The summed E-state index contributed by atoms with van der Waals surface area (Å²) >= 11 is 0. The van der Waals surface area contributed by atoms with Crippen LogP contribution < -0.4 is 14.8 Å². The van der Waals surface area contributed by atoms with Gasteiger partial charge < -0.3 is 14.4 Å². The summed E-state index contributed by atoms with van der Waals surface area (Å²) in [5.74, 6) is -3.30. The lowest BCUT2D eigenvalue weighted by atomic mass is 10.0. The minimum Gasteiger partial charge on any atom is -0.424 e. The number of ether oxygens (including phenoxy) is 2. The van der Waals surface area contributed by atoms with E-state index in [9.17, 15) is 18.0 Å². The molecule has 0 aliphatic carbocycles. The number of alkyl halides is 3. The van der Waals surface area contributed by atoms with Crippen LogP contribution in [0.3, 0.4) is 0 Å². The second-order valence-corrected chi connectivity index (χ2v) is 5.95. The van der Waals surface area contributed by atoms with Gasteiger partial charge in [0.1, 0.15) is 0 Å². The average Bonchev–Trinajstić information content (AvgIpc) is 2.93. The predicted molar refractivity (Wildman–Crippen MR) is 79.7 cm³/mol. The van der Waals surface area contributed by atoms with Gasteiger partial charge in [-0.05, 0) is 37.8 Å². The number of nitrogens with one attached hydrogen (secondary N) is 1. The zero-order valence-corrected chi connectivity index (χ0v) is 13.2. The van der Waals surface area contributed by atoms with Crippen LogP contribution in [0.25, 0.3) is 0 Å². The third-order valence-electron chi connectivity index (χ3n) is 4.36. The number of likely N-dealkylation sites (tertiary alicyclic amines) is 1. The van der Waals surface area contributed by atoms with Gasteiger partial charge in [-0.15, -0.1) is 0 Å². The van der Waals surface area contributed by atoms with Gasteiger partial charge in [-0.2, -0.15) is 13.2 Å². The first-order valence-corrected chi connectivity index (χ1v) is 7.99. The third-order valence-corrected chi connectivity index (χ3v) is 4.36. The highest BCUT2D eigenvalue weighted by molar-refractivity contribution is 5.75. The molecule has 1 aromatic rings. The maximum absolute atomic E-state index is 13.6. The number of para-hydroxylation sites is 2. The Hall–Kier alpha value is -2.12. The summed E-state index contributed by atoms with van der Waals surface area (Å²) in [4.78, 5) is 13.9. The molecule has 2 aliphatic rings. The molecule has 1 fully saturated rings. The molecule has 2 amide bonds. The van der Waals surface area contributed by atoms with E-state index < -0.39 is 18.1 Å². The van der Waals surface area contributed by atoms with Crippen molar-refractivity contribution in [3.63, 3.8) is 0 Å². The second kappa shape index (κ2) is 6.07. The molecule has 0 aromatic heterocycles. The van der Waals surface area contributed by atoms with Crippen molar-refractivity contribution in [3.05, 3.63) is 24.3 Å². The number of urea groups is 1. The Balaban J connectivity index is 1.83. The summed E-state index contributed by atoms with van der Waals surface area (Å²) in [5.41, 5.74) is 0. The summed E-state index contributed by atoms with van der Waals surface area (Å²) in [5, 5.41) is 1.93. The van der Waals surface area contributed by atoms with Gasteiger partial charge in [0.05, 0.1) is 0 Å². The van der Waals surface area contributed by atoms with Crippen molar-refractivity contribution in [1.82, 2.24) is 10.2 Å². The molecule has 0 spiro atoms. The maximum atomic E-state index is 13.6. The van der Waals surface area contributed by atoms with Crippen molar-refractivity contribution in [2.75, 3.05) is 6.54 Å². The van der Waals surface area contributed by atoms with Crippen molar-refractivity contribution >= 4 is 6.03 Å². The van der Waals surface area contributed by atoms with Crippen LogP contribution in [0.5, 0.6) is 11.5 Å². The zero-order valence-electron chi connectivity index (χ0n) is 13.2. The Morgan fingerprint density at radius 3 is 2.46 bits per heavy atom. The summed E-state index contributed by atoms with van der Waals surface area (Å²) in [6.07, 6.45) is -1.73. The van der Waals surface area contributed by atoms with E-state index in [0.29, 0.717) is 13.0 Å². The lowest BCUT2D eigenvalue weighted by Crippen LogP contribution is -2.67. The molecule has 0 radical (unpaired) electrons. The van der Waals surface area contributed by atoms with Crippen LogP contribution in [0.2, 0.25) is 0 Å². The first kappa shape index (κ1) is 16.7. The van der Waals surface area contributed by atoms with E-state index in [-0.39, 0.29) is 17.5 Å². The van der Waals surface area contributed by atoms with Crippen LogP contribution in [0, 0.1) is 0 Å². The van der Waals surface area contributed by atoms with Crippen LogP contribution >= 0.6 is 0 Å². The monoisotopic (exact) mass is 344 g/mol. The third kappa shape index (κ3) is 2.85. The molecule has 2 heterocycles. The Bertz CT molecular complexity index is 596. The number of carbonyl (C=O) groups excluding carboxylic acids is 1. The lowest BCUT2D eigenvalue weighted by molar-refractivity contribution is -0.318. The van der Waals surface area contributed by atoms with Crippen molar-refractivity contribution in [1.29, 1.82) is 0 Å². The van der Waals surface area contributed by atoms with E-state index in [2.05, 4.69) is 0 Å². The molecule has 1 atom stereocenters. The van der Waals surface area contributed by atoms with Gasteiger partial charge in [-0.3, -0.25) is 5.32 Å². The number of hydrogen-bond acceptors (Lipinski definition) is 3. The van der Waals surface area contributed by atoms with Gasteiger partial charge in [0, 0.05) is 12.6 Å². The van der Waals surface area contributed by atoms with Crippen molar-refractivity contribution < 1.29 is 27.4 Å². The summed E-state index contributed by atoms with van der Waals surface area (Å²) in [6.45, 7) is 2.33. The van der Waals surface area contributed by atoms with Crippen LogP contribution in [-0.2, 0) is 0 Å². The van der Waals surface area contributed by atoms with Crippen molar-refractivity contribution in [2.24, 2.45) is 0 Å². The SMILES string of the molecule is CC[C@H]1CCCCN1C(=O)NC1(C(F)(F)F)Oc2ccccc2O1. The standard InChI is InChI=1S/C16H19F3N2O3/c1-2-11-7-5-6-10-21(11)14(22)20-16(15(17,18)19)23-12-8-3-4-9-13(12)24-16/h3-4,8-9,11H,2,5-7,10H2,1H3,(H,20,22)/t11-/m0/s1. The molecule has 0 unspecified atom stereocenters. The Morgan fingerprint density at radius 2 is 1.92 bits per heavy atom. The van der Waals surface area contributed by atoms with Gasteiger partial charge in [-0.1, -0.05) is 19.1 Å². The van der Waals surface area contributed by atoms with Gasteiger partial charge >= 0.3 is 18.1 Å². The number of benzene rings is 1. The van der Waals surface area contributed by atoms with Crippen molar-refractivity contribution in [2.45, 2.75) is 50.7 Å². The number of hydrogen-bond donors (Lipinski definition) is 1. The topological polar surface area (TPSA) is 50.8 Å². The average molecular weight is 344 g/mol. The summed E-state index contributed by atoms with van der Waals surface area (Å²) in [7, 11) is 0. The minimum atomic E-state index is -4.93. The smallest absolute Gasteiger partial charge is 0.424 e. The Labute approximate surface area is 137 Å². The number of halogens is 3. The predicted octanol–water partition coefficient (Wildman–Crippen LogP) is 3.65. The van der Waals surface area contributed by atoms with E-state index in [4.69, 9.17) is 9.47 Å². The van der Waals surface area contributed by atoms with Gasteiger partial charge in [0.25, 0.3) is 0 Å². The highest BCUT2D eigenvalue weighted by Gasteiger charge is 2.66. The molecule has 1 N–H and O–H groups in total. The lowest BCUT2D eigenvalue weighted by Gasteiger charge is -2.38. The molecule has 132 valence electrons. The van der Waals surface area contributed by atoms with Crippen LogP contribution in [-0.4, -0.2) is 35.6 Å². The normalized spacial score (nSPS) is 22.3. The fraction of sp³-hybridized carbons (Fsp3) is 0.562. The quantitative estimate of drug-likeness (QED) is 0.891. The van der Waals surface area contributed by atoms with Crippen molar-refractivity contribution in [3.8, 4) is 11.5 Å². The fourth-order valence-electron chi connectivity index (χ4n) is 3.09. The summed E-state index contributed by atoms with van der Waals surface area (Å²) < 4.78 is 50.8. The fourth-order valence-corrected chi connectivity index (χ4v) is 3.09. The van der Waals surface area contributed by atoms with Crippen LogP contribution in [0.1, 0.15) is 32.6 Å². The zero-order chi connectivity index (χ0) is 17.4. The van der Waals surface area contributed by atoms with Crippen LogP contribution in [0.4, 0.5) is 18.0 Å². The molecule has 3 rings (SSSR count). The molecule has 24 heavy (non-hydrogen) atoms. The first-order valence-electron chi connectivity index (χ1n) is 7.99. The molecule has 1 saturated heterocycles. The molecule has 0 saturated carbocycles. The molecular formula is C16H19F3N2O3. The number of nitrogens with zero attached hydrogens (tertiary/aromatic N) is 1. The van der Waals surface area contributed by atoms with Crippen LogP contribution in [0.15, 0.2) is 24.3 Å². The maximum Gasteiger partial charge on any atom is 0.492 e. The number of piperidine rings is 1. The number of carbonyl (C=O) groups is 1. The first-order chi connectivity index (χ1) is 11.4. The number of amides is 2. The molecule has 8 heteroatoms. The summed E-state index contributed by atoms with van der Waals surface area (Å²) in [6, 6.07) is 4.90. The molecule has 1 aromatic carbocycles. The Morgan fingerprint density at radius 1 is 1.29 bits per heavy atom. The van der Waals surface area contributed by atoms with E-state index in [1.165, 1.54) is 29.2 Å².